The van der Waals surface area contributed by atoms with Crippen LogP contribution >= 0.6 is 11.6 Å². The Hall–Kier alpha value is -1.15. The summed E-state index contributed by atoms with van der Waals surface area (Å²) >= 11 is 6.19. The first kappa shape index (κ1) is 21.7. The lowest BCUT2D eigenvalue weighted by Crippen LogP contribution is -2.65. The zero-order valence-corrected chi connectivity index (χ0v) is 19.7. The highest BCUT2D eigenvalue weighted by Crippen LogP contribution is 2.55. The number of sulfonamides is 1. The number of rotatable bonds is 4. The highest BCUT2D eigenvalue weighted by atomic mass is 35.5. The lowest BCUT2D eigenvalue weighted by molar-refractivity contribution is -0.150. The molecule has 1 saturated heterocycles. The van der Waals surface area contributed by atoms with Crippen molar-refractivity contribution >= 4 is 27.5 Å². The second kappa shape index (κ2) is 7.17. The molecule has 5 fully saturated rings. The molecule has 0 spiro atoms. The Morgan fingerprint density at radius 2 is 1.90 bits per heavy atom. The third kappa shape index (κ3) is 3.35. The van der Waals surface area contributed by atoms with Crippen LogP contribution in [0.2, 0.25) is 5.02 Å². The third-order valence-corrected chi connectivity index (χ3v) is 11.0. The van der Waals surface area contributed by atoms with Crippen molar-refractivity contribution in [3.8, 4) is 0 Å². The zero-order chi connectivity index (χ0) is 22.2. The van der Waals surface area contributed by atoms with Gasteiger partial charge in [-0.15, -0.1) is 0 Å². The highest BCUT2D eigenvalue weighted by molar-refractivity contribution is 7.89. The summed E-state index contributed by atoms with van der Waals surface area (Å²) in [4.78, 5) is 13.7. The molecular weight excluding hydrogens is 436 g/mol. The molecule has 1 aromatic carbocycles. The maximum atomic E-state index is 13.6. The molecule has 1 aliphatic heterocycles. The van der Waals surface area contributed by atoms with Gasteiger partial charge in [-0.1, -0.05) is 17.7 Å². The van der Waals surface area contributed by atoms with E-state index in [1.54, 1.807) is 32.0 Å². The van der Waals surface area contributed by atoms with Crippen LogP contribution in [0.5, 0.6) is 0 Å². The first-order valence-corrected chi connectivity index (χ1v) is 13.2. The fraction of sp³-hybridized carbons (Fsp3) is 0.696. The summed E-state index contributed by atoms with van der Waals surface area (Å²) in [6.45, 7) is 3.76. The van der Waals surface area contributed by atoms with E-state index in [4.69, 9.17) is 11.6 Å². The molecule has 0 aromatic heterocycles. The number of nitrogens with one attached hydrogen (secondary N) is 1. The molecule has 31 heavy (non-hydrogen) atoms. The summed E-state index contributed by atoms with van der Waals surface area (Å²) in [5.41, 5.74) is -1.18. The average Bonchev–Trinajstić information content (AvgIpc) is 3.09. The number of amides is 1. The third-order valence-electron chi connectivity index (χ3n) is 8.39. The van der Waals surface area contributed by atoms with Crippen molar-refractivity contribution in [3.05, 3.63) is 28.8 Å². The van der Waals surface area contributed by atoms with Crippen molar-refractivity contribution in [2.45, 2.75) is 80.9 Å². The van der Waals surface area contributed by atoms with E-state index in [-0.39, 0.29) is 28.7 Å². The normalized spacial score (nSPS) is 39.7. The monoisotopic (exact) mass is 466 g/mol. The molecule has 4 saturated carbocycles. The van der Waals surface area contributed by atoms with Crippen molar-refractivity contribution < 1.29 is 18.3 Å². The molecular formula is C23H31ClN2O4S. The lowest BCUT2D eigenvalue weighted by atomic mass is 9.52. The first-order chi connectivity index (χ1) is 14.5. The minimum absolute atomic E-state index is 0.0270. The van der Waals surface area contributed by atoms with Gasteiger partial charge >= 0.3 is 0 Å². The molecule has 2 N–H and O–H groups in total. The summed E-state index contributed by atoms with van der Waals surface area (Å²) in [6.07, 6.45) is 5.60. The van der Waals surface area contributed by atoms with Gasteiger partial charge < -0.3 is 10.4 Å². The van der Waals surface area contributed by atoms with Gasteiger partial charge in [0.25, 0.3) is 0 Å². The molecule has 5 aliphatic rings. The van der Waals surface area contributed by atoms with Gasteiger partial charge in [0.1, 0.15) is 5.54 Å². The average molecular weight is 467 g/mol. The van der Waals surface area contributed by atoms with Crippen molar-refractivity contribution in [2.75, 3.05) is 6.54 Å². The predicted octanol–water partition coefficient (Wildman–Crippen LogP) is 3.25. The number of hydrogen-bond acceptors (Lipinski definition) is 4. The molecule has 1 aromatic rings. The second-order valence-electron chi connectivity index (χ2n) is 10.5. The molecule has 1 amide bonds. The van der Waals surface area contributed by atoms with Crippen LogP contribution in [0, 0.1) is 24.7 Å². The molecule has 0 radical (unpaired) electrons. The van der Waals surface area contributed by atoms with Gasteiger partial charge in [0.15, 0.2) is 0 Å². The number of nitrogens with zero attached hydrogens (tertiary/aromatic N) is 1. The van der Waals surface area contributed by atoms with Gasteiger partial charge in [0.05, 0.1) is 10.5 Å². The Balaban J connectivity index is 1.40. The number of carbonyl (C=O) groups excluding carboxylic acids is 1. The van der Waals surface area contributed by atoms with E-state index >= 15 is 0 Å². The van der Waals surface area contributed by atoms with Crippen LogP contribution in [0.3, 0.4) is 0 Å². The first-order valence-electron chi connectivity index (χ1n) is 11.3. The zero-order valence-electron chi connectivity index (χ0n) is 18.1. The lowest BCUT2D eigenvalue weighted by Gasteiger charge is -2.58. The van der Waals surface area contributed by atoms with Crippen LogP contribution in [-0.4, -0.2) is 47.5 Å². The van der Waals surface area contributed by atoms with Crippen LogP contribution in [0.1, 0.15) is 57.4 Å². The van der Waals surface area contributed by atoms with E-state index in [9.17, 15) is 18.3 Å². The fourth-order valence-electron chi connectivity index (χ4n) is 7.06. The molecule has 6 rings (SSSR count). The molecule has 1 heterocycles. The van der Waals surface area contributed by atoms with Gasteiger partial charge in [-0.2, -0.15) is 4.31 Å². The quantitative estimate of drug-likeness (QED) is 0.713. The molecule has 4 bridgehead atoms. The minimum atomic E-state index is -3.87. The highest BCUT2D eigenvalue weighted by Gasteiger charge is 2.57. The standard InChI is InChI=1S/C23H31ClN2O4S/c1-14-18(24)5-3-6-19(14)31(29,30)26-8-4-7-22(26,2)21(27)25-20-16-9-15-10-17(20)13-23(28,11-15)12-16/h3,5-6,15-17,20,28H,4,7-13H2,1-2H3,(H,25,27)/t15?,16-,17+,20?,22-,23?/m0/s1. The Labute approximate surface area is 189 Å². The SMILES string of the molecule is Cc1c(Cl)cccc1S(=O)(=O)N1CCC[C@@]1(C)C(=O)NC1[C@@H]2CC3C[C@H]1CC(O)(C3)C2. The maximum absolute atomic E-state index is 13.6. The summed E-state index contributed by atoms with van der Waals surface area (Å²) in [6, 6.07) is 4.89. The topological polar surface area (TPSA) is 86.7 Å². The number of carbonyl (C=O) groups is 1. The number of halogens is 1. The van der Waals surface area contributed by atoms with Gasteiger partial charge in [-0.05, 0) is 94.2 Å². The molecule has 3 unspecified atom stereocenters. The van der Waals surface area contributed by atoms with E-state index in [1.165, 1.54) is 4.31 Å². The van der Waals surface area contributed by atoms with Gasteiger partial charge in [-0.25, -0.2) is 8.42 Å². The summed E-state index contributed by atoms with van der Waals surface area (Å²) in [5, 5.41) is 14.5. The Bertz CT molecular complexity index is 1010. The van der Waals surface area contributed by atoms with Crippen LogP contribution in [0.4, 0.5) is 0 Å². The Kier molecular flexibility index (Phi) is 5.02. The van der Waals surface area contributed by atoms with Crippen LogP contribution in [0.15, 0.2) is 23.1 Å². The van der Waals surface area contributed by atoms with Crippen molar-refractivity contribution in [1.29, 1.82) is 0 Å². The van der Waals surface area contributed by atoms with Crippen molar-refractivity contribution in [1.82, 2.24) is 9.62 Å². The summed E-state index contributed by atoms with van der Waals surface area (Å²) < 4.78 is 28.5. The molecule has 6 atom stereocenters. The number of benzene rings is 1. The number of hydrogen-bond donors (Lipinski definition) is 2. The maximum Gasteiger partial charge on any atom is 0.244 e. The second-order valence-corrected chi connectivity index (χ2v) is 12.7. The van der Waals surface area contributed by atoms with Crippen molar-refractivity contribution in [2.24, 2.45) is 17.8 Å². The van der Waals surface area contributed by atoms with Gasteiger partial charge in [-0.3, -0.25) is 4.79 Å². The summed E-state index contributed by atoms with van der Waals surface area (Å²) in [7, 11) is -3.87. The van der Waals surface area contributed by atoms with Crippen LogP contribution < -0.4 is 5.32 Å². The van der Waals surface area contributed by atoms with E-state index in [1.807, 2.05) is 0 Å². The number of aliphatic hydroxyl groups is 1. The molecule has 170 valence electrons. The smallest absolute Gasteiger partial charge is 0.244 e. The Morgan fingerprint density at radius 1 is 1.23 bits per heavy atom. The fourth-order valence-corrected chi connectivity index (χ4v) is 9.35. The van der Waals surface area contributed by atoms with E-state index in [2.05, 4.69) is 5.32 Å². The van der Waals surface area contributed by atoms with Gasteiger partial charge in [0.2, 0.25) is 15.9 Å². The van der Waals surface area contributed by atoms with E-state index < -0.39 is 21.2 Å². The molecule has 8 heteroatoms. The van der Waals surface area contributed by atoms with Crippen LogP contribution in [0.25, 0.3) is 0 Å². The summed E-state index contributed by atoms with van der Waals surface area (Å²) in [5.74, 6) is 0.911. The molecule has 6 nitrogen and oxygen atoms in total. The largest absolute Gasteiger partial charge is 0.390 e. The molecule has 4 aliphatic carbocycles. The van der Waals surface area contributed by atoms with E-state index in [0.29, 0.717) is 35.9 Å². The van der Waals surface area contributed by atoms with E-state index in [0.717, 1.165) is 32.1 Å². The predicted molar refractivity (Wildman–Crippen MR) is 118 cm³/mol. The minimum Gasteiger partial charge on any atom is -0.390 e. The van der Waals surface area contributed by atoms with Crippen molar-refractivity contribution in [3.63, 3.8) is 0 Å². The Morgan fingerprint density at radius 3 is 2.55 bits per heavy atom. The van der Waals surface area contributed by atoms with Crippen LogP contribution in [-0.2, 0) is 14.8 Å². The van der Waals surface area contributed by atoms with Gasteiger partial charge in [0, 0.05) is 17.6 Å².